The average Bonchev–Trinajstić information content (AvgIpc) is 2.88. The van der Waals surface area contributed by atoms with Gasteiger partial charge in [0.2, 0.25) is 0 Å². The molecule has 0 bridgehead atoms. The lowest BCUT2D eigenvalue weighted by atomic mass is 10.1. The van der Waals surface area contributed by atoms with E-state index in [1.807, 2.05) is 32.2 Å². The number of hydrogen-bond acceptors (Lipinski definition) is 5. The van der Waals surface area contributed by atoms with Crippen molar-refractivity contribution in [2.75, 3.05) is 18.9 Å². The summed E-state index contributed by atoms with van der Waals surface area (Å²) < 4.78 is 5.93. The minimum Gasteiger partial charge on any atom is -0.488 e. The van der Waals surface area contributed by atoms with Crippen LogP contribution in [0.2, 0.25) is 5.02 Å². The highest BCUT2D eigenvalue weighted by molar-refractivity contribution is 6.31. The Kier molecular flexibility index (Phi) is 3.69. The molecule has 1 aromatic carbocycles. The van der Waals surface area contributed by atoms with Crippen molar-refractivity contribution >= 4 is 17.4 Å². The zero-order chi connectivity index (χ0) is 15.0. The Bertz CT molecular complexity index is 690. The maximum absolute atomic E-state index is 6.22. The molecule has 0 unspecified atom stereocenters. The van der Waals surface area contributed by atoms with E-state index in [1.165, 1.54) is 0 Å². The maximum Gasteiger partial charge on any atom is 0.165 e. The Balaban J connectivity index is 2.14. The van der Waals surface area contributed by atoms with Crippen molar-refractivity contribution in [1.82, 2.24) is 9.97 Å². The van der Waals surface area contributed by atoms with Gasteiger partial charge in [-0.15, -0.1) is 0 Å². The van der Waals surface area contributed by atoms with Crippen molar-refractivity contribution in [3.05, 3.63) is 34.5 Å². The Morgan fingerprint density at radius 3 is 2.90 bits per heavy atom. The van der Waals surface area contributed by atoms with Crippen LogP contribution in [0.15, 0.2) is 18.2 Å². The van der Waals surface area contributed by atoms with Crippen LogP contribution in [0.25, 0.3) is 11.4 Å². The third kappa shape index (κ3) is 2.66. The molecule has 0 fully saturated rings. The van der Waals surface area contributed by atoms with Crippen molar-refractivity contribution in [2.24, 2.45) is 5.73 Å². The summed E-state index contributed by atoms with van der Waals surface area (Å²) in [6.07, 6.45) is 0.759. The molecule has 0 aliphatic carbocycles. The van der Waals surface area contributed by atoms with Crippen molar-refractivity contribution in [1.29, 1.82) is 0 Å². The second-order valence-electron chi connectivity index (χ2n) is 5.09. The largest absolute Gasteiger partial charge is 0.488 e. The molecule has 3 N–H and O–H groups in total. The minimum absolute atomic E-state index is 0.00852. The zero-order valence-electron chi connectivity index (χ0n) is 12.0. The van der Waals surface area contributed by atoms with E-state index in [-0.39, 0.29) is 6.10 Å². The van der Waals surface area contributed by atoms with Crippen molar-refractivity contribution in [2.45, 2.75) is 19.4 Å². The number of aromatic nitrogens is 2. The molecule has 1 aliphatic heterocycles. The van der Waals surface area contributed by atoms with Gasteiger partial charge in [0.1, 0.15) is 17.7 Å². The second-order valence-corrected chi connectivity index (χ2v) is 5.53. The number of nitrogens with two attached hydrogens (primary N) is 1. The van der Waals surface area contributed by atoms with Crippen LogP contribution in [0, 0.1) is 6.92 Å². The number of benzene rings is 1. The first-order valence-corrected chi connectivity index (χ1v) is 7.21. The summed E-state index contributed by atoms with van der Waals surface area (Å²) in [5, 5.41) is 3.69. The molecular formula is C15H17ClN4O. The van der Waals surface area contributed by atoms with E-state index in [0.29, 0.717) is 17.4 Å². The van der Waals surface area contributed by atoms with Gasteiger partial charge >= 0.3 is 0 Å². The predicted octanol–water partition coefficient (Wildman–Crippen LogP) is 2.41. The first-order chi connectivity index (χ1) is 10.1. The van der Waals surface area contributed by atoms with Crippen molar-refractivity contribution in [3.63, 3.8) is 0 Å². The summed E-state index contributed by atoms with van der Waals surface area (Å²) in [6, 6.07) is 5.65. The maximum atomic E-state index is 6.22. The summed E-state index contributed by atoms with van der Waals surface area (Å²) in [6.45, 7) is 2.41. The third-order valence-electron chi connectivity index (χ3n) is 3.48. The average molecular weight is 305 g/mol. The number of nitrogens with one attached hydrogen (secondary N) is 1. The standard InChI is InChI=1S/C15H17ClN4O/c1-8-3-13(18-2)20-15(19-8)12-6-10(16)4-9-5-11(7-17)21-14(9)12/h3-4,6,11H,5,7,17H2,1-2H3,(H,18,19,20)/t11-/m0/s1. The lowest BCUT2D eigenvalue weighted by Gasteiger charge is -2.11. The van der Waals surface area contributed by atoms with E-state index in [0.717, 1.165) is 34.8 Å². The normalized spacial score (nSPS) is 16.5. The van der Waals surface area contributed by atoms with E-state index in [9.17, 15) is 0 Å². The smallest absolute Gasteiger partial charge is 0.165 e. The summed E-state index contributed by atoms with van der Waals surface area (Å²) in [5.41, 5.74) is 8.46. The van der Waals surface area contributed by atoms with Crippen LogP contribution in [0.3, 0.4) is 0 Å². The number of rotatable bonds is 3. The Morgan fingerprint density at radius 1 is 1.38 bits per heavy atom. The number of hydrogen-bond donors (Lipinski definition) is 2. The van der Waals surface area contributed by atoms with Crippen LogP contribution in [0.1, 0.15) is 11.3 Å². The van der Waals surface area contributed by atoms with E-state index in [1.54, 1.807) is 0 Å². The molecule has 3 rings (SSSR count). The van der Waals surface area contributed by atoms with Crippen molar-refractivity contribution < 1.29 is 4.74 Å². The Morgan fingerprint density at radius 2 is 2.19 bits per heavy atom. The van der Waals surface area contributed by atoms with Gasteiger partial charge in [0.25, 0.3) is 0 Å². The number of aryl methyl sites for hydroxylation is 1. The van der Waals surface area contributed by atoms with E-state index < -0.39 is 0 Å². The van der Waals surface area contributed by atoms with Crippen LogP contribution in [0.5, 0.6) is 5.75 Å². The SMILES string of the molecule is CNc1cc(C)nc(-c2cc(Cl)cc3c2O[C@H](CN)C3)n1. The van der Waals surface area contributed by atoms with Crippen LogP contribution in [-0.4, -0.2) is 29.7 Å². The highest BCUT2D eigenvalue weighted by atomic mass is 35.5. The molecule has 2 aromatic rings. The molecule has 0 saturated carbocycles. The highest BCUT2D eigenvalue weighted by Gasteiger charge is 2.26. The summed E-state index contributed by atoms with van der Waals surface area (Å²) in [7, 11) is 1.83. The topological polar surface area (TPSA) is 73.1 Å². The van der Waals surface area contributed by atoms with Crippen LogP contribution in [0.4, 0.5) is 5.82 Å². The molecule has 0 radical (unpaired) electrons. The predicted molar refractivity (Wildman–Crippen MR) is 83.9 cm³/mol. The quantitative estimate of drug-likeness (QED) is 0.911. The van der Waals surface area contributed by atoms with Crippen LogP contribution >= 0.6 is 11.6 Å². The molecule has 21 heavy (non-hydrogen) atoms. The number of nitrogens with zero attached hydrogens (tertiary/aromatic N) is 2. The molecule has 2 heterocycles. The van der Waals surface area contributed by atoms with Gasteiger partial charge < -0.3 is 15.8 Å². The second kappa shape index (κ2) is 5.50. The van der Waals surface area contributed by atoms with Gasteiger partial charge in [-0.05, 0) is 19.1 Å². The number of halogens is 1. The van der Waals surface area contributed by atoms with Gasteiger partial charge in [0.05, 0.1) is 5.56 Å². The van der Waals surface area contributed by atoms with E-state index >= 15 is 0 Å². The molecule has 0 spiro atoms. The Labute approximate surface area is 128 Å². The minimum atomic E-state index is -0.00852. The summed E-state index contributed by atoms with van der Waals surface area (Å²) in [4.78, 5) is 9.00. The van der Waals surface area contributed by atoms with Crippen molar-refractivity contribution in [3.8, 4) is 17.1 Å². The van der Waals surface area contributed by atoms with Gasteiger partial charge in [-0.3, -0.25) is 0 Å². The molecule has 1 aliphatic rings. The lowest BCUT2D eigenvalue weighted by molar-refractivity contribution is 0.242. The molecule has 110 valence electrons. The fourth-order valence-corrected chi connectivity index (χ4v) is 2.75. The molecule has 5 nitrogen and oxygen atoms in total. The third-order valence-corrected chi connectivity index (χ3v) is 3.70. The zero-order valence-corrected chi connectivity index (χ0v) is 12.7. The van der Waals surface area contributed by atoms with Gasteiger partial charge in [-0.25, -0.2) is 9.97 Å². The summed E-state index contributed by atoms with van der Waals surface area (Å²) in [5.74, 6) is 2.16. The van der Waals surface area contributed by atoms with E-state index in [4.69, 9.17) is 22.1 Å². The number of anilines is 1. The fourth-order valence-electron chi connectivity index (χ4n) is 2.51. The molecule has 1 aromatic heterocycles. The van der Waals surface area contributed by atoms with Crippen LogP contribution < -0.4 is 15.8 Å². The monoisotopic (exact) mass is 304 g/mol. The van der Waals surface area contributed by atoms with Gasteiger partial charge in [-0.2, -0.15) is 0 Å². The molecule has 0 saturated heterocycles. The highest BCUT2D eigenvalue weighted by Crippen LogP contribution is 2.40. The lowest BCUT2D eigenvalue weighted by Crippen LogP contribution is -2.24. The Hall–Kier alpha value is -1.85. The number of fused-ring (bicyclic) bond motifs is 1. The number of ether oxygens (including phenoxy) is 1. The van der Waals surface area contributed by atoms with Crippen LogP contribution in [-0.2, 0) is 6.42 Å². The fraction of sp³-hybridized carbons (Fsp3) is 0.333. The van der Waals surface area contributed by atoms with Gasteiger partial charge in [0, 0.05) is 42.4 Å². The first-order valence-electron chi connectivity index (χ1n) is 6.83. The summed E-state index contributed by atoms with van der Waals surface area (Å²) >= 11 is 6.22. The molecule has 0 amide bonds. The molecule has 6 heteroatoms. The molecule has 1 atom stereocenters. The molecular weight excluding hydrogens is 288 g/mol. The van der Waals surface area contributed by atoms with Gasteiger partial charge in [0.15, 0.2) is 5.82 Å². The van der Waals surface area contributed by atoms with E-state index in [2.05, 4.69) is 15.3 Å². The van der Waals surface area contributed by atoms with Gasteiger partial charge in [-0.1, -0.05) is 11.6 Å². The first kappa shape index (κ1) is 14.1.